The molecule has 2 aliphatic rings. The smallest absolute Gasteiger partial charge is 0.260 e. The van der Waals surface area contributed by atoms with Gasteiger partial charge in [-0.05, 0) is 143 Å². The van der Waals surface area contributed by atoms with Crippen LogP contribution in [-0.4, -0.2) is 11.3 Å². The summed E-state index contributed by atoms with van der Waals surface area (Å²) < 4.78 is 16.5. The molecule has 14 rings (SSSR count). The van der Waals surface area contributed by atoms with E-state index < -0.39 is 0 Å². The third-order valence-corrected chi connectivity index (χ3v) is 14.8. The van der Waals surface area contributed by atoms with Crippen LogP contribution in [0.25, 0.3) is 93.5 Å². The van der Waals surface area contributed by atoms with E-state index in [4.69, 9.17) is 9.47 Å². The van der Waals surface area contributed by atoms with Gasteiger partial charge < -0.3 is 14.0 Å². The highest BCUT2D eigenvalue weighted by Gasteiger charge is 2.40. The zero-order valence-corrected chi connectivity index (χ0v) is 39.2. The fourth-order valence-corrected chi connectivity index (χ4v) is 11.6. The van der Waals surface area contributed by atoms with Crippen LogP contribution < -0.4 is 25.9 Å². The molecule has 0 amide bonds. The Morgan fingerprint density at radius 1 is 0.343 bits per heavy atom. The SMILES string of the molecule is CC(C)(C)c1cccc(-c2cc(-c3cc4c5c(c3)Oc3cc(-n6c7ccccc7c7ccccc76)ccc3B5c3ccccc3O4)cc(-c3c4ccccc4c(-c4ccccc4)c4ccccc34)c2)c1. The number of benzene rings is 11. The summed E-state index contributed by atoms with van der Waals surface area (Å²) in [6.45, 7) is 6.79. The molecular formula is C66H46BNO2. The number of nitrogens with zero attached hydrogens (tertiary/aromatic N) is 1. The van der Waals surface area contributed by atoms with Crippen LogP contribution in [0.1, 0.15) is 26.3 Å². The van der Waals surface area contributed by atoms with Gasteiger partial charge in [0.1, 0.15) is 23.0 Å². The van der Waals surface area contributed by atoms with Gasteiger partial charge in [0, 0.05) is 28.0 Å². The molecule has 0 N–H and O–H groups in total. The fourth-order valence-electron chi connectivity index (χ4n) is 11.6. The van der Waals surface area contributed by atoms with E-state index in [0.717, 1.165) is 67.3 Å². The molecular weight excluding hydrogens is 850 g/mol. The van der Waals surface area contributed by atoms with Gasteiger partial charge in [0.05, 0.1) is 11.0 Å². The molecule has 0 atom stereocenters. The standard InChI is InChI=1S/C66H46BNO2/c1-66(2,3)47-21-17-20-42(37-47)43-34-44(36-46(35-43)64-53-26-9-7-24-51(53)63(41-18-5-4-6-19-41)52-25-8-10-27-54(52)64)45-38-61-65-62(39-45)70-60-40-48(32-33-56(60)67(65)55-28-13-16-31-59(55)69-61)68-57-29-14-11-22-49(57)50-23-12-15-30-58(50)68/h4-40H,1-3H3. The van der Waals surface area contributed by atoms with Crippen molar-refractivity contribution in [2.75, 3.05) is 0 Å². The van der Waals surface area contributed by atoms with E-state index in [1.807, 2.05) is 0 Å². The molecule has 1 aromatic heterocycles. The first-order chi connectivity index (χ1) is 34.3. The summed E-state index contributed by atoms with van der Waals surface area (Å²) in [7, 11) is 0. The second kappa shape index (κ2) is 15.5. The number of ether oxygens (including phenoxy) is 2. The highest BCUT2D eigenvalue weighted by Crippen LogP contribution is 2.47. The molecule has 2 aliphatic heterocycles. The second-order valence-electron chi connectivity index (χ2n) is 20.0. The third kappa shape index (κ3) is 6.30. The minimum Gasteiger partial charge on any atom is -0.458 e. The molecule has 3 heterocycles. The lowest BCUT2D eigenvalue weighted by Gasteiger charge is -2.33. The van der Waals surface area contributed by atoms with Crippen molar-refractivity contribution >= 4 is 66.5 Å². The molecule has 0 unspecified atom stereocenters. The maximum absolute atomic E-state index is 7.22. The van der Waals surface area contributed by atoms with E-state index in [0.29, 0.717) is 0 Å². The molecule has 4 heteroatoms. The molecule has 3 nitrogen and oxygen atoms in total. The quantitative estimate of drug-likeness (QED) is 0.127. The van der Waals surface area contributed by atoms with Gasteiger partial charge in [0.15, 0.2) is 0 Å². The highest BCUT2D eigenvalue weighted by atomic mass is 16.5. The number of aromatic nitrogens is 1. The van der Waals surface area contributed by atoms with Gasteiger partial charge in [0.2, 0.25) is 0 Å². The van der Waals surface area contributed by atoms with Crippen molar-refractivity contribution in [1.29, 1.82) is 0 Å². The first kappa shape index (κ1) is 40.5. The number of fused-ring (bicyclic) bond motifs is 9. The molecule has 0 saturated heterocycles. The monoisotopic (exact) mass is 895 g/mol. The van der Waals surface area contributed by atoms with Crippen LogP contribution in [0.3, 0.4) is 0 Å². The Bertz CT molecular complexity index is 4010. The average Bonchev–Trinajstić information content (AvgIpc) is 3.74. The molecule has 0 aliphatic carbocycles. The van der Waals surface area contributed by atoms with Crippen molar-refractivity contribution in [3.8, 4) is 73.2 Å². The van der Waals surface area contributed by atoms with Gasteiger partial charge in [-0.3, -0.25) is 0 Å². The largest absolute Gasteiger partial charge is 0.458 e. The molecule has 0 radical (unpaired) electrons. The van der Waals surface area contributed by atoms with E-state index >= 15 is 0 Å². The first-order valence-electron chi connectivity index (χ1n) is 24.3. The summed E-state index contributed by atoms with van der Waals surface area (Å²) in [5.41, 5.74) is 17.3. The van der Waals surface area contributed by atoms with Crippen molar-refractivity contribution in [3.05, 3.63) is 230 Å². The van der Waals surface area contributed by atoms with E-state index in [-0.39, 0.29) is 12.1 Å². The van der Waals surface area contributed by atoms with Crippen LogP contribution in [0.15, 0.2) is 224 Å². The van der Waals surface area contributed by atoms with Crippen molar-refractivity contribution in [2.45, 2.75) is 26.2 Å². The van der Waals surface area contributed by atoms with E-state index in [1.54, 1.807) is 0 Å². The summed E-state index contributed by atoms with van der Waals surface area (Å²) in [6.07, 6.45) is 0. The number of rotatable bonds is 5. The molecule has 0 bridgehead atoms. The van der Waals surface area contributed by atoms with Crippen LogP contribution in [-0.2, 0) is 5.41 Å². The first-order valence-corrected chi connectivity index (χ1v) is 24.3. The zero-order chi connectivity index (χ0) is 46.7. The molecule has 0 saturated carbocycles. The number of hydrogen-bond acceptors (Lipinski definition) is 2. The Hall–Kier alpha value is -8.60. The minimum absolute atomic E-state index is 0.0174. The van der Waals surface area contributed by atoms with Crippen LogP contribution in [0.2, 0.25) is 0 Å². The van der Waals surface area contributed by atoms with Crippen LogP contribution in [0.4, 0.5) is 0 Å². The maximum atomic E-state index is 7.22. The van der Waals surface area contributed by atoms with Gasteiger partial charge in [-0.25, -0.2) is 0 Å². The van der Waals surface area contributed by atoms with Gasteiger partial charge in [-0.15, -0.1) is 0 Å². The molecule has 330 valence electrons. The Morgan fingerprint density at radius 3 is 1.47 bits per heavy atom. The molecule has 11 aromatic carbocycles. The van der Waals surface area contributed by atoms with Gasteiger partial charge in [-0.2, -0.15) is 0 Å². The summed E-state index contributed by atoms with van der Waals surface area (Å²) in [5, 5.41) is 7.35. The summed E-state index contributed by atoms with van der Waals surface area (Å²) in [4.78, 5) is 0. The summed E-state index contributed by atoms with van der Waals surface area (Å²) >= 11 is 0. The topological polar surface area (TPSA) is 23.4 Å². The Morgan fingerprint density at radius 2 is 0.829 bits per heavy atom. The Labute approximate surface area is 407 Å². The number of para-hydroxylation sites is 3. The van der Waals surface area contributed by atoms with Gasteiger partial charge in [0.25, 0.3) is 6.71 Å². The average molecular weight is 896 g/mol. The number of hydrogen-bond donors (Lipinski definition) is 0. The highest BCUT2D eigenvalue weighted by molar-refractivity contribution is 6.98. The van der Waals surface area contributed by atoms with Crippen molar-refractivity contribution in [2.24, 2.45) is 0 Å². The van der Waals surface area contributed by atoms with Gasteiger partial charge >= 0.3 is 0 Å². The fraction of sp³-hybridized carbons (Fsp3) is 0.0606. The maximum Gasteiger partial charge on any atom is 0.260 e. The molecule has 0 spiro atoms. The molecule has 12 aromatic rings. The normalized spacial score (nSPS) is 12.7. The lowest BCUT2D eigenvalue weighted by Crippen LogP contribution is -2.57. The minimum atomic E-state index is -0.0668. The molecule has 0 fully saturated rings. The second-order valence-corrected chi connectivity index (χ2v) is 20.0. The van der Waals surface area contributed by atoms with E-state index in [1.165, 1.54) is 71.2 Å². The van der Waals surface area contributed by atoms with Crippen LogP contribution in [0, 0.1) is 0 Å². The van der Waals surface area contributed by atoms with Crippen molar-refractivity contribution in [3.63, 3.8) is 0 Å². The van der Waals surface area contributed by atoms with Gasteiger partial charge in [-0.1, -0.05) is 185 Å². The predicted molar refractivity (Wildman–Crippen MR) is 294 cm³/mol. The van der Waals surface area contributed by atoms with E-state index in [2.05, 4.69) is 250 Å². The van der Waals surface area contributed by atoms with Crippen LogP contribution in [0.5, 0.6) is 23.0 Å². The Kier molecular flexibility index (Phi) is 8.94. The summed E-state index contributed by atoms with van der Waals surface area (Å²) in [6, 6.07) is 82.0. The predicted octanol–water partition coefficient (Wildman–Crippen LogP) is 15.8. The third-order valence-electron chi connectivity index (χ3n) is 14.8. The Balaban J connectivity index is 0.999. The lowest BCUT2D eigenvalue weighted by molar-refractivity contribution is 0.465. The van der Waals surface area contributed by atoms with Crippen molar-refractivity contribution < 1.29 is 9.47 Å². The zero-order valence-electron chi connectivity index (χ0n) is 39.2. The van der Waals surface area contributed by atoms with Crippen molar-refractivity contribution in [1.82, 2.24) is 4.57 Å². The lowest BCUT2D eigenvalue weighted by atomic mass is 9.35. The summed E-state index contributed by atoms with van der Waals surface area (Å²) in [5.74, 6) is 3.34. The van der Waals surface area contributed by atoms with E-state index in [9.17, 15) is 0 Å². The van der Waals surface area contributed by atoms with Crippen LogP contribution >= 0.6 is 0 Å². The molecule has 70 heavy (non-hydrogen) atoms.